The van der Waals surface area contributed by atoms with Crippen LogP contribution in [0, 0.1) is 0 Å². The Kier molecular flexibility index (Phi) is 6.13. The molecule has 6 nitrogen and oxygen atoms in total. The van der Waals surface area contributed by atoms with Crippen LogP contribution in [-0.4, -0.2) is 17.2 Å². The van der Waals surface area contributed by atoms with Gasteiger partial charge in [-0.1, -0.05) is 66.7 Å². The van der Waals surface area contributed by atoms with Crippen LogP contribution >= 0.6 is 0 Å². The maximum Gasteiger partial charge on any atom is 0.519 e. The van der Waals surface area contributed by atoms with Gasteiger partial charge in [0.25, 0.3) is 0 Å². The van der Waals surface area contributed by atoms with Gasteiger partial charge in [0, 0.05) is 5.56 Å². The Hall–Kier alpha value is -4.58. The predicted octanol–water partition coefficient (Wildman–Crippen LogP) is 5.86. The Morgan fingerprint density at radius 3 is 1.72 bits per heavy atom. The summed E-state index contributed by atoms with van der Waals surface area (Å²) in [6.07, 6.45) is -1.11. The molecule has 0 fully saturated rings. The lowest BCUT2D eigenvalue weighted by Gasteiger charge is -2.15. The first-order valence-electron chi connectivity index (χ1n) is 9.75. The van der Waals surface area contributed by atoms with Crippen molar-refractivity contribution in [1.82, 2.24) is 0 Å². The molecule has 0 saturated carbocycles. The fraction of sp³-hybridized carbons (Fsp3) is 0. The van der Waals surface area contributed by atoms with Gasteiger partial charge in [0.2, 0.25) is 0 Å². The first-order chi connectivity index (χ1) is 15.6. The minimum Gasteiger partial charge on any atom is -0.504 e. The van der Waals surface area contributed by atoms with Crippen molar-refractivity contribution in [2.45, 2.75) is 0 Å². The number of phenolic OH excluding ortho intramolecular Hbond substituents is 1. The number of ether oxygens (including phenoxy) is 3. The second-order valence-corrected chi connectivity index (χ2v) is 6.67. The van der Waals surface area contributed by atoms with Crippen LogP contribution in [-0.2, 0) is 0 Å². The van der Waals surface area contributed by atoms with Crippen LogP contribution in [0.3, 0.4) is 0 Å². The Morgan fingerprint density at radius 2 is 1.12 bits per heavy atom. The molecule has 158 valence electrons. The van der Waals surface area contributed by atoms with Gasteiger partial charge in [-0.3, -0.25) is 0 Å². The first kappa shape index (κ1) is 20.7. The molecule has 0 radical (unpaired) electrons. The Labute approximate surface area is 184 Å². The summed E-state index contributed by atoms with van der Waals surface area (Å²) in [6.45, 7) is 0. The predicted molar refractivity (Wildman–Crippen MR) is 118 cm³/mol. The SMILES string of the molecule is O=C(Oc1ccccc1)Oc1c(O)ccc(-c2ccccc2)c1C(=O)Oc1ccccc1. The van der Waals surface area contributed by atoms with Crippen LogP contribution in [0.2, 0.25) is 0 Å². The van der Waals surface area contributed by atoms with E-state index in [1.165, 1.54) is 6.07 Å². The minimum atomic E-state index is -1.11. The van der Waals surface area contributed by atoms with E-state index in [1.807, 2.05) is 6.07 Å². The Balaban J connectivity index is 1.74. The zero-order valence-corrected chi connectivity index (χ0v) is 16.8. The van der Waals surface area contributed by atoms with Gasteiger partial charge in [-0.25, -0.2) is 9.59 Å². The summed E-state index contributed by atoms with van der Waals surface area (Å²) in [4.78, 5) is 25.6. The second-order valence-electron chi connectivity index (χ2n) is 6.67. The third kappa shape index (κ3) is 4.76. The highest BCUT2D eigenvalue weighted by Gasteiger charge is 2.26. The summed E-state index contributed by atoms with van der Waals surface area (Å²) in [6, 6.07) is 28.7. The molecule has 0 heterocycles. The van der Waals surface area contributed by atoms with Gasteiger partial charge >= 0.3 is 12.1 Å². The van der Waals surface area contributed by atoms with Gasteiger partial charge in [-0.15, -0.1) is 0 Å². The molecule has 1 N–H and O–H groups in total. The first-order valence-corrected chi connectivity index (χ1v) is 9.75. The molecular weight excluding hydrogens is 408 g/mol. The van der Waals surface area contributed by atoms with Crippen LogP contribution in [0.1, 0.15) is 10.4 Å². The third-order valence-corrected chi connectivity index (χ3v) is 4.51. The molecule has 0 saturated heterocycles. The largest absolute Gasteiger partial charge is 0.519 e. The number of phenols is 1. The monoisotopic (exact) mass is 426 g/mol. The molecule has 0 spiro atoms. The molecule has 0 aliphatic rings. The molecule has 4 aromatic rings. The van der Waals surface area contributed by atoms with Crippen LogP contribution in [0.25, 0.3) is 11.1 Å². The smallest absolute Gasteiger partial charge is 0.504 e. The number of para-hydroxylation sites is 2. The van der Waals surface area contributed by atoms with Crippen LogP contribution in [0.15, 0.2) is 103 Å². The van der Waals surface area contributed by atoms with Crippen molar-refractivity contribution in [2.24, 2.45) is 0 Å². The summed E-state index contributed by atoms with van der Waals surface area (Å²) in [5, 5.41) is 10.5. The van der Waals surface area contributed by atoms with Crippen molar-refractivity contribution in [3.8, 4) is 34.1 Å². The lowest BCUT2D eigenvalue weighted by atomic mass is 9.98. The van der Waals surface area contributed by atoms with Gasteiger partial charge in [0.1, 0.15) is 17.1 Å². The van der Waals surface area contributed by atoms with Crippen LogP contribution in [0.5, 0.6) is 23.0 Å². The van der Waals surface area contributed by atoms with Crippen LogP contribution < -0.4 is 14.2 Å². The Morgan fingerprint density at radius 1 is 0.594 bits per heavy atom. The number of benzene rings is 4. The third-order valence-electron chi connectivity index (χ3n) is 4.51. The highest BCUT2D eigenvalue weighted by atomic mass is 16.7. The van der Waals surface area contributed by atoms with E-state index in [9.17, 15) is 14.7 Å². The number of hydrogen-bond donors (Lipinski definition) is 1. The number of carbonyl (C=O) groups is 2. The van der Waals surface area contributed by atoms with Crippen molar-refractivity contribution in [2.75, 3.05) is 0 Å². The fourth-order valence-electron chi connectivity index (χ4n) is 3.07. The Bertz CT molecular complexity index is 1220. The van der Waals surface area contributed by atoms with Crippen molar-refractivity contribution >= 4 is 12.1 Å². The summed E-state index contributed by atoms with van der Waals surface area (Å²) >= 11 is 0. The molecule has 0 amide bonds. The topological polar surface area (TPSA) is 82.1 Å². The second kappa shape index (κ2) is 9.49. The maximum atomic E-state index is 13.2. The fourth-order valence-corrected chi connectivity index (χ4v) is 3.07. The standard InChI is InChI=1S/C26H18O6/c27-22-17-16-21(18-10-4-1-5-11-18)23(25(28)30-19-12-6-2-7-13-19)24(22)32-26(29)31-20-14-8-3-9-15-20/h1-17,27H. The number of carbonyl (C=O) groups excluding carboxylic acids is 2. The molecule has 4 rings (SSSR count). The highest BCUT2D eigenvalue weighted by molar-refractivity contribution is 6.02. The summed E-state index contributed by atoms with van der Waals surface area (Å²) in [5.41, 5.74) is 0.991. The van der Waals surface area contributed by atoms with Crippen molar-refractivity contribution in [3.63, 3.8) is 0 Å². The van der Waals surface area contributed by atoms with Gasteiger partial charge < -0.3 is 19.3 Å². The normalized spacial score (nSPS) is 10.2. The molecular formula is C26H18O6. The number of rotatable bonds is 5. The van der Waals surface area contributed by atoms with Crippen molar-refractivity contribution in [1.29, 1.82) is 0 Å². The lowest BCUT2D eigenvalue weighted by molar-refractivity contribution is 0.0731. The molecule has 0 aliphatic carbocycles. The maximum absolute atomic E-state index is 13.2. The zero-order chi connectivity index (χ0) is 22.3. The average molecular weight is 426 g/mol. The molecule has 4 aromatic carbocycles. The van der Waals surface area contributed by atoms with Crippen molar-refractivity contribution < 1.29 is 28.9 Å². The van der Waals surface area contributed by atoms with E-state index in [-0.39, 0.29) is 17.1 Å². The molecule has 0 atom stereocenters. The number of aromatic hydroxyl groups is 1. The van der Waals surface area contributed by atoms with Gasteiger partial charge in [-0.05, 0) is 42.0 Å². The van der Waals surface area contributed by atoms with E-state index < -0.39 is 17.9 Å². The van der Waals surface area contributed by atoms with E-state index in [0.29, 0.717) is 16.9 Å². The van der Waals surface area contributed by atoms with E-state index in [2.05, 4.69) is 0 Å². The lowest BCUT2D eigenvalue weighted by Crippen LogP contribution is -2.18. The molecule has 0 aliphatic heterocycles. The van der Waals surface area contributed by atoms with Gasteiger partial charge in [0.15, 0.2) is 11.5 Å². The quantitative estimate of drug-likeness (QED) is 0.245. The zero-order valence-electron chi connectivity index (χ0n) is 16.8. The molecule has 0 aromatic heterocycles. The van der Waals surface area contributed by atoms with Crippen molar-refractivity contribution in [3.05, 3.63) is 109 Å². The van der Waals surface area contributed by atoms with Gasteiger partial charge in [-0.2, -0.15) is 0 Å². The molecule has 6 heteroatoms. The minimum absolute atomic E-state index is 0.106. The van der Waals surface area contributed by atoms with E-state index in [1.54, 1.807) is 91.0 Å². The van der Waals surface area contributed by atoms with Gasteiger partial charge in [0.05, 0.1) is 0 Å². The molecule has 32 heavy (non-hydrogen) atoms. The highest BCUT2D eigenvalue weighted by Crippen LogP contribution is 2.38. The molecule has 0 bridgehead atoms. The average Bonchev–Trinajstić information content (AvgIpc) is 2.82. The summed E-state index contributed by atoms with van der Waals surface area (Å²) in [7, 11) is 0. The summed E-state index contributed by atoms with van der Waals surface area (Å²) < 4.78 is 15.9. The summed E-state index contributed by atoms with van der Waals surface area (Å²) in [5.74, 6) is -1.00. The van der Waals surface area contributed by atoms with E-state index in [0.717, 1.165) is 0 Å². The van der Waals surface area contributed by atoms with E-state index >= 15 is 0 Å². The molecule has 0 unspecified atom stereocenters. The van der Waals surface area contributed by atoms with E-state index in [4.69, 9.17) is 14.2 Å². The number of esters is 1. The number of hydrogen-bond acceptors (Lipinski definition) is 6. The van der Waals surface area contributed by atoms with Crippen LogP contribution in [0.4, 0.5) is 4.79 Å².